The number of nitrogens with zero attached hydrogens (tertiary/aromatic N) is 4. The van der Waals surface area contributed by atoms with Gasteiger partial charge >= 0.3 is 0 Å². The van der Waals surface area contributed by atoms with E-state index in [9.17, 15) is 0 Å². The maximum absolute atomic E-state index is 4.68. The number of fused-ring (bicyclic) bond motifs is 1. The zero-order valence-electron chi connectivity index (χ0n) is 14.5. The van der Waals surface area contributed by atoms with Gasteiger partial charge in [-0.05, 0) is 49.0 Å². The number of H-pyrrole nitrogens is 1. The van der Waals surface area contributed by atoms with Crippen molar-refractivity contribution in [2.45, 2.75) is 45.1 Å². The van der Waals surface area contributed by atoms with Crippen LogP contribution in [0.3, 0.4) is 0 Å². The van der Waals surface area contributed by atoms with Crippen LogP contribution in [0, 0.1) is 0 Å². The van der Waals surface area contributed by atoms with Gasteiger partial charge < -0.3 is 10.3 Å². The minimum Gasteiger partial charge on any atom is -0.337 e. The predicted molar refractivity (Wildman–Crippen MR) is 95.0 cm³/mol. The van der Waals surface area contributed by atoms with Crippen LogP contribution >= 0.6 is 0 Å². The molecule has 1 aliphatic rings. The number of aromatic amines is 1. The largest absolute Gasteiger partial charge is 0.337 e. The summed E-state index contributed by atoms with van der Waals surface area (Å²) < 4.78 is 1.99. The summed E-state index contributed by atoms with van der Waals surface area (Å²) in [6.45, 7) is 8.74. The molecule has 1 aliphatic heterocycles. The molecular formula is C18H24N6. The van der Waals surface area contributed by atoms with E-state index in [0.717, 1.165) is 48.5 Å². The molecule has 6 heteroatoms. The highest BCUT2D eigenvalue weighted by Gasteiger charge is 2.19. The van der Waals surface area contributed by atoms with E-state index in [1.165, 1.54) is 5.56 Å². The average molecular weight is 324 g/mol. The van der Waals surface area contributed by atoms with Gasteiger partial charge in [0.15, 0.2) is 5.82 Å². The summed E-state index contributed by atoms with van der Waals surface area (Å²) in [6.07, 6.45) is 4.20. The molecule has 2 N–H and O–H groups in total. The van der Waals surface area contributed by atoms with E-state index in [2.05, 4.69) is 64.6 Å². The summed E-state index contributed by atoms with van der Waals surface area (Å²) in [7, 11) is 0. The molecule has 0 amide bonds. The van der Waals surface area contributed by atoms with Crippen molar-refractivity contribution < 1.29 is 0 Å². The first-order valence-corrected chi connectivity index (χ1v) is 8.64. The fourth-order valence-corrected chi connectivity index (χ4v) is 3.23. The van der Waals surface area contributed by atoms with Crippen molar-refractivity contribution in [1.82, 2.24) is 30.3 Å². The summed E-state index contributed by atoms with van der Waals surface area (Å²) in [6, 6.07) is 6.85. The molecule has 126 valence electrons. The Kier molecular flexibility index (Phi) is 3.64. The molecule has 3 aromatic rings. The molecule has 6 nitrogen and oxygen atoms in total. The lowest BCUT2D eigenvalue weighted by Gasteiger charge is -2.21. The standard InChI is InChI=1S/C18H24N6/c1-18(2,3)12-4-5-14-15(10-12)21-17(20-14)16-11-24(23-22-16)13-6-8-19-9-7-13/h4-5,10-11,13,19H,6-9H2,1-3H3,(H,20,21). The van der Waals surface area contributed by atoms with Crippen molar-refractivity contribution in [3.05, 3.63) is 30.0 Å². The second-order valence-corrected chi connectivity index (χ2v) is 7.63. The van der Waals surface area contributed by atoms with Gasteiger partial charge in [-0.15, -0.1) is 5.10 Å². The van der Waals surface area contributed by atoms with E-state index < -0.39 is 0 Å². The van der Waals surface area contributed by atoms with Crippen molar-refractivity contribution in [3.8, 4) is 11.5 Å². The topological polar surface area (TPSA) is 71.4 Å². The van der Waals surface area contributed by atoms with Crippen molar-refractivity contribution in [3.63, 3.8) is 0 Å². The first kappa shape index (κ1) is 15.3. The zero-order valence-corrected chi connectivity index (χ0v) is 14.5. The average Bonchev–Trinajstić information content (AvgIpc) is 3.21. The Labute approximate surface area is 141 Å². The zero-order chi connectivity index (χ0) is 16.7. The quantitative estimate of drug-likeness (QED) is 0.760. The van der Waals surface area contributed by atoms with E-state index in [1.807, 2.05) is 10.9 Å². The van der Waals surface area contributed by atoms with Crippen molar-refractivity contribution in [1.29, 1.82) is 0 Å². The lowest BCUT2D eigenvalue weighted by Crippen LogP contribution is -2.29. The monoisotopic (exact) mass is 324 g/mol. The van der Waals surface area contributed by atoms with Crippen molar-refractivity contribution in [2.75, 3.05) is 13.1 Å². The number of benzene rings is 1. The van der Waals surface area contributed by atoms with Gasteiger partial charge in [-0.1, -0.05) is 32.1 Å². The highest BCUT2D eigenvalue weighted by molar-refractivity contribution is 5.79. The van der Waals surface area contributed by atoms with Crippen molar-refractivity contribution >= 4 is 11.0 Å². The van der Waals surface area contributed by atoms with E-state index in [0.29, 0.717) is 6.04 Å². The summed E-state index contributed by atoms with van der Waals surface area (Å²) in [5, 5.41) is 12.0. The third-order valence-corrected chi connectivity index (χ3v) is 4.78. The Morgan fingerprint density at radius 1 is 1.17 bits per heavy atom. The van der Waals surface area contributed by atoms with Gasteiger partial charge in [0.2, 0.25) is 0 Å². The first-order valence-electron chi connectivity index (χ1n) is 8.64. The predicted octanol–water partition coefficient (Wildman–Crippen LogP) is 3.04. The van der Waals surface area contributed by atoms with Crippen LogP contribution in [-0.2, 0) is 5.41 Å². The smallest absolute Gasteiger partial charge is 0.160 e. The van der Waals surface area contributed by atoms with E-state index >= 15 is 0 Å². The molecule has 0 atom stereocenters. The second-order valence-electron chi connectivity index (χ2n) is 7.63. The van der Waals surface area contributed by atoms with E-state index in [1.54, 1.807) is 0 Å². The van der Waals surface area contributed by atoms with Crippen LogP contribution in [0.25, 0.3) is 22.6 Å². The molecule has 4 rings (SSSR count). The lowest BCUT2D eigenvalue weighted by molar-refractivity contribution is 0.337. The first-order chi connectivity index (χ1) is 11.5. The molecule has 2 aromatic heterocycles. The number of imidazole rings is 1. The molecule has 0 aliphatic carbocycles. The second kappa shape index (κ2) is 5.70. The van der Waals surface area contributed by atoms with Gasteiger partial charge in [-0.25, -0.2) is 9.67 Å². The summed E-state index contributed by atoms with van der Waals surface area (Å²) >= 11 is 0. The molecule has 0 unspecified atom stereocenters. The minimum atomic E-state index is 0.123. The SMILES string of the molecule is CC(C)(C)c1ccc2nc(-c3cn(C4CCNCC4)nn3)[nH]c2c1. The van der Waals surface area contributed by atoms with E-state index in [-0.39, 0.29) is 5.41 Å². The molecular weight excluding hydrogens is 300 g/mol. The van der Waals surface area contributed by atoms with E-state index in [4.69, 9.17) is 0 Å². The third kappa shape index (κ3) is 2.82. The van der Waals surface area contributed by atoms with Crippen LogP contribution in [0.1, 0.15) is 45.2 Å². The molecule has 0 bridgehead atoms. The van der Waals surface area contributed by atoms with Crippen LogP contribution in [0.2, 0.25) is 0 Å². The van der Waals surface area contributed by atoms with Gasteiger partial charge in [-0.2, -0.15) is 0 Å². The third-order valence-electron chi connectivity index (χ3n) is 4.78. The Bertz CT molecular complexity index is 848. The molecule has 1 saturated heterocycles. The number of rotatable bonds is 2. The Balaban J connectivity index is 1.65. The molecule has 0 saturated carbocycles. The Morgan fingerprint density at radius 2 is 1.96 bits per heavy atom. The Hall–Kier alpha value is -2.21. The minimum absolute atomic E-state index is 0.123. The summed E-state index contributed by atoms with van der Waals surface area (Å²) in [5.41, 5.74) is 4.24. The summed E-state index contributed by atoms with van der Waals surface area (Å²) in [5.74, 6) is 0.788. The molecule has 0 spiro atoms. The van der Waals surface area contributed by atoms with Gasteiger partial charge in [0.25, 0.3) is 0 Å². The van der Waals surface area contributed by atoms with Crippen molar-refractivity contribution in [2.24, 2.45) is 0 Å². The summed E-state index contributed by atoms with van der Waals surface area (Å²) in [4.78, 5) is 8.08. The molecule has 0 radical (unpaired) electrons. The van der Waals surface area contributed by atoms with Gasteiger partial charge in [0.05, 0.1) is 23.3 Å². The maximum atomic E-state index is 4.68. The fraction of sp³-hybridized carbons (Fsp3) is 0.500. The number of hydrogen-bond acceptors (Lipinski definition) is 4. The highest BCUT2D eigenvalue weighted by Crippen LogP contribution is 2.27. The van der Waals surface area contributed by atoms with Crippen LogP contribution in [-0.4, -0.2) is 38.1 Å². The van der Waals surface area contributed by atoms with Gasteiger partial charge in [0.1, 0.15) is 5.69 Å². The number of piperidine rings is 1. The number of hydrogen-bond donors (Lipinski definition) is 2. The molecule has 3 heterocycles. The fourth-order valence-electron chi connectivity index (χ4n) is 3.23. The molecule has 1 fully saturated rings. The van der Waals surface area contributed by atoms with Gasteiger partial charge in [0, 0.05) is 0 Å². The number of aromatic nitrogens is 5. The maximum Gasteiger partial charge on any atom is 0.160 e. The van der Waals surface area contributed by atoms with Crippen LogP contribution < -0.4 is 5.32 Å². The lowest BCUT2D eigenvalue weighted by atomic mass is 9.87. The van der Waals surface area contributed by atoms with Crippen LogP contribution in [0.5, 0.6) is 0 Å². The normalized spacial score (nSPS) is 16.8. The number of nitrogens with one attached hydrogen (secondary N) is 2. The van der Waals surface area contributed by atoms with Crippen LogP contribution in [0.15, 0.2) is 24.4 Å². The van der Waals surface area contributed by atoms with Crippen LogP contribution in [0.4, 0.5) is 0 Å². The molecule has 24 heavy (non-hydrogen) atoms. The highest BCUT2D eigenvalue weighted by atomic mass is 15.4. The Morgan fingerprint density at radius 3 is 2.71 bits per heavy atom. The van der Waals surface area contributed by atoms with Gasteiger partial charge in [-0.3, -0.25) is 0 Å². The molecule has 1 aromatic carbocycles.